The van der Waals surface area contributed by atoms with Crippen LogP contribution in [-0.4, -0.2) is 25.4 Å². The molecule has 0 spiro atoms. The van der Waals surface area contributed by atoms with E-state index in [4.69, 9.17) is 4.74 Å². The molecule has 0 saturated carbocycles. The number of fused-ring (bicyclic) bond motifs is 1. The molecule has 0 saturated heterocycles. The van der Waals surface area contributed by atoms with Crippen LogP contribution in [-0.2, 0) is 32.6 Å². The molecular formula is C31H29N3O4S. The second-order valence-electron chi connectivity index (χ2n) is 9.35. The van der Waals surface area contributed by atoms with E-state index in [1.807, 2.05) is 85.8 Å². The van der Waals surface area contributed by atoms with Crippen molar-refractivity contribution in [3.8, 4) is 0 Å². The van der Waals surface area contributed by atoms with Gasteiger partial charge in [-0.3, -0.25) is 4.79 Å². The molecule has 1 heterocycles. The molecular weight excluding hydrogens is 510 g/mol. The van der Waals surface area contributed by atoms with Crippen LogP contribution in [0.4, 0.5) is 11.4 Å². The third-order valence-corrected chi connectivity index (χ3v) is 7.90. The van der Waals surface area contributed by atoms with Crippen LogP contribution in [0.2, 0.25) is 0 Å². The maximum Gasteiger partial charge on any atom is 0.324 e. The average Bonchev–Trinajstić information content (AvgIpc) is 3.36. The Bertz CT molecular complexity index is 1660. The Morgan fingerprint density at radius 1 is 0.846 bits per heavy atom. The molecule has 4 aromatic carbocycles. The maximum absolute atomic E-state index is 13.4. The molecule has 0 fully saturated rings. The Labute approximate surface area is 227 Å². The quantitative estimate of drug-likeness (QED) is 0.193. The highest BCUT2D eigenvalue weighted by Gasteiger charge is 2.28. The number of aryl methyl sites for hydroxylation is 1. The summed E-state index contributed by atoms with van der Waals surface area (Å²) in [5.41, 5.74) is 5.33. The number of rotatable bonds is 10. The lowest BCUT2D eigenvalue weighted by Gasteiger charge is -2.18. The van der Waals surface area contributed by atoms with E-state index in [1.54, 1.807) is 18.3 Å². The second-order valence-corrected chi connectivity index (χ2v) is 11.1. The monoisotopic (exact) mass is 539 g/mol. The number of esters is 1. The summed E-state index contributed by atoms with van der Waals surface area (Å²) in [6, 6.07) is 30.1. The molecule has 5 rings (SSSR count). The number of aromatic amines is 1. The minimum atomic E-state index is -4.03. The van der Waals surface area contributed by atoms with Crippen molar-refractivity contribution < 1.29 is 17.9 Å². The number of ether oxygens (including phenoxy) is 1. The van der Waals surface area contributed by atoms with E-state index in [1.165, 1.54) is 12.1 Å². The lowest BCUT2D eigenvalue weighted by atomic mass is 10.1. The first-order chi connectivity index (χ1) is 18.9. The molecule has 198 valence electrons. The predicted octanol–water partition coefficient (Wildman–Crippen LogP) is 5.85. The van der Waals surface area contributed by atoms with Crippen LogP contribution in [0.15, 0.2) is 114 Å². The highest BCUT2D eigenvalue weighted by Crippen LogP contribution is 2.22. The van der Waals surface area contributed by atoms with Gasteiger partial charge in [0.2, 0.25) is 10.0 Å². The number of sulfonamides is 1. The first kappa shape index (κ1) is 26.2. The van der Waals surface area contributed by atoms with E-state index in [2.05, 4.69) is 15.0 Å². The van der Waals surface area contributed by atoms with Gasteiger partial charge in [0.1, 0.15) is 12.6 Å². The zero-order chi connectivity index (χ0) is 27.2. The van der Waals surface area contributed by atoms with Gasteiger partial charge in [0.25, 0.3) is 0 Å². The summed E-state index contributed by atoms with van der Waals surface area (Å²) >= 11 is 0. The molecule has 0 amide bonds. The summed E-state index contributed by atoms with van der Waals surface area (Å²) in [5.74, 6) is -0.648. The number of carbonyl (C=O) groups is 1. The molecule has 7 nitrogen and oxygen atoms in total. The highest BCUT2D eigenvalue weighted by atomic mass is 32.2. The zero-order valence-corrected chi connectivity index (χ0v) is 22.2. The SMILES string of the molecule is Cc1ccc(Nc2ccc(S(=O)(=O)N[C@H](Cc3c[nH]c4ccccc34)C(=O)OCc3ccccc3)cc2)cc1. The molecule has 0 aliphatic carbocycles. The zero-order valence-electron chi connectivity index (χ0n) is 21.4. The summed E-state index contributed by atoms with van der Waals surface area (Å²) in [5, 5.41) is 4.18. The third kappa shape index (κ3) is 6.54. The first-order valence-electron chi connectivity index (χ1n) is 12.6. The Hall–Kier alpha value is -4.40. The summed E-state index contributed by atoms with van der Waals surface area (Å²) in [6.07, 6.45) is 1.92. The van der Waals surface area contributed by atoms with Crippen molar-refractivity contribution in [1.82, 2.24) is 9.71 Å². The molecule has 3 N–H and O–H groups in total. The van der Waals surface area contributed by atoms with Gasteiger partial charge >= 0.3 is 5.97 Å². The molecule has 0 aliphatic heterocycles. The van der Waals surface area contributed by atoms with Crippen molar-refractivity contribution in [2.45, 2.75) is 30.9 Å². The lowest BCUT2D eigenvalue weighted by molar-refractivity contribution is -0.147. The number of anilines is 2. The van der Waals surface area contributed by atoms with Crippen LogP contribution in [0, 0.1) is 6.92 Å². The van der Waals surface area contributed by atoms with Crippen LogP contribution in [0.1, 0.15) is 16.7 Å². The van der Waals surface area contributed by atoms with Gasteiger partial charge in [-0.2, -0.15) is 4.72 Å². The van der Waals surface area contributed by atoms with Crippen LogP contribution in [0.25, 0.3) is 10.9 Å². The van der Waals surface area contributed by atoms with Crippen LogP contribution in [0.5, 0.6) is 0 Å². The minimum Gasteiger partial charge on any atom is -0.460 e. The normalized spacial score (nSPS) is 12.2. The summed E-state index contributed by atoms with van der Waals surface area (Å²) < 4.78 is 34.9. The van der Waals surface area contributed by atoms with Crippen LogP contribution in [0.3, 0.4) is 0 Å². The average molecular weight is 540 g/mol. The predicted molar refractivity (Wildman–Crippen MR) is 153 cm³/mol. The molecule has 0 aliphatic rings. The minimum absolute atomic E-state index is 0.0468. The standard InChI is InChI=1S/C31H29N3O4S/c1-22-11-13-25(14-12-22)33-26-15-17-27(18-16-26)39(36,37)34-30(31(35)38-21-23-7-3-2-4-8-23)19-24-20-32-29-10-6-5-9-28(24)29/h2-18,20,30,32-34H,19,21H2,1H3/t30-/m1/s1. The van der Waals surface area contributed by atoms with E-state index in [-0.39, 0.29) is 17.9 Å². The van der Waals surface area contributed by atoms with Crippen molar-refractivity contribution in [1.29, 1.82) is 0 Å². The van der Waals surface area contributed by atoms with Crippen molar-refractivity contribution in [2.24, 2.45) is 0 Å². The summed E-state index contributed by atoms with van der Waals surface area (Å²) in [6.45, 7) is 2.06. The molecule has 0 bridgehead atoms. The number of nitrogens with one attached hydrogen (secondary N) is 3. The van der Waals surface area contributed by atoms with E-state index < -0.39 is 22.0 Å². The molecule has 0 radical (unpaired) electrons. The number of H-pyrrole nitrogens is 1. The molecule has 1 atom stereocenters. The van der Waals surface area contributed by atoms with Crippen molar-refractivity contribution >= 4 is 38.3 Å². The number of benzene rings is 4. The lowest BCUT2D eigenvalue weighted by Crippen LogP contribution is -2.43. The van der Waals surface area contributed by atoms with Gasteiger partial charge in [0.05, 0.1) is 4.90 Å². The van der Waals surface area contributed by atoms with Crippen LogP contribution >= 0.6 is 0 Å². The summed E-state index contributed by atoms with van der Waals surface area (Å²) in [4.78, 5) is 16.4. The Kier molecular flexibility index (Phi) is 7.76. The Morgan fingerprint density at radius 3 is 2.21 bits per heavy atom. The Morgan fingerprint density at radius 2 is 1.49 bits per heavy atom. The van der Waals surface area contributed by atoms with Gasteiger partial charge in [0.15, 0.2) is 0 Å². The fourth-order valence-corrected chi connectivity index (χ4v) is 5.48. The van der Waals surface area contributed by atoms with E-state index in [9.17, 15) is 13.2 Å². The number of hydrogen-bond donors (Lipinski definition) is 3. The molecule has 1 aromatic heterocycles. The van der Waals surface area contributed by atoms with Gasteiger partial charge in [-0.25, -0.2) is 8.42 Å². The van der Waals surface area contributed by atoms with E-state index in [0.29, 0.717) is 0 Å². The summed E-state index contributed by atoms with van der Waals surface area (Å²) in [7, 11) is -4.03. The first-order valence-corrected chi connectivity index (χ1v) is 14.1. The highest BCUT2D eigenvalue weighted by molar-refractivity contribution is 7.89. The topological polar surface area (TPSA) is 100 Å². The van der Waals surface area contributed by atoms with Gasteiger partial charge in [0, 0.05) is 34.9 Å². The largest absolute Gasteiger partial charge is 0.460 e. The van der Waals surface area contributed by atoms with Crippen molar-refractivity contribution in [3.05, 3.63) is 126 Å². The Balaban J connectivity index is 1.35. The van der Waals surface area contributed by atoms with Gasteiger partial charge < -0.3 is 15.0 Å². The molecule has 39 heavy (non-hydrogen) atoms. The fourth-order valence-electron chi connectivity index (χ4n) is 4.30. The third-order valence-electron chi connectivity index (χ3n) is 6.41. The van der Waals surface area contributed by atoms with Crippen molar-refractivity contribution in [2.75, 3.05) is 5.32 Å². The fraction of sp³-hybridized carbons (Fsp3) is 0.129. The van der Waals surface area contributed by atoms with Gasteiger partial charge in [-0.05, 0) is 60.5 Å². The number of carbonyl (C=O) groups excluding carboxylic acids is 1. The van der Waals surface area contributed by atoms with E-state index >= 15 is 0 Å². The van der Waals surface area contributed by atoms with Gasteiger partial charge in [-0.1, -0.05) is 66.2 Å². The number of aromatic nitrogens is 1. The smallest absolute Gasteiger partial charge is 0.324 e. The second kappa shape index (κ2) is 11.6. The maximum atomic E-state index is 13.4. The van der Waals surface area contributed by atoms with Crippen LogP contribution < -0.4 is 10.0 Å². The number of para-hydroxylation sites is 1. The number of hydrogen-bond acceptors (Lipinski definition) is 5. The van der Waals surface area contributed by atoms with Gasteiger partial charge in [-0.15, -0.1) is 0 Å². The molecule has 0 unspecified atom stereocenters. The molecule has 5 aromatic rings. The molecule has 8 heteroatoms. The van der Waals surface area contributed by atoms with Crippen molar-refractivity contribution in [3.63, 3.8) is 0 Å². The van der Waals surface area contributed by atoms with E-state index in [0.717, 1.165) is 39.0 Å².